The molecule has 1 N–H and O–H groups in total. The maximum Gasteiger partial charge on any atom is 0.337 e. The molecule has 0 bridgehead atoms. The van der Waals surface area contributed by atoms with E-state index in [9.17, 15) is 4.79 Å². The molecule has 0 fully saturated rings. The van der Waals surface area contributed by atoms with Crippen LogP contribution in [0.1, 0.15) is 10.4 Å². The van der Waals surface area contributed by atoms with Crippen LogP contribution in [-0.2, 0) is 0 Å². The highest BCUT2D eigenvalue weighted by atomic mass is 35.5. The number of aromatic carboxylic acids is 1. The minimum absolute atomic E-state index is 0.0421. The van der Waals surface area contributed by atoms with Gasteiger partial charge in [-0.3, -0.25) is 4.98 Å². The first kappa shape index (κ1) is 14.4. The van der Waals surface area contributed by atoms with Crippen molar-refractivity contribution in [3.05, 3.63) is 50.0 Å². The van der Waals surface area contributed by atoms with Crippen LogP contribution < -0.4 is 0 Å². The number of carbonyl (C=O) groups is 1. The molecule has 0 aliphatic rings. The van der Waals surface area contributed by atoms with Crippen LogP contribution >= 0.6 is 46.4 Å². The summed E-state index contributed by atoms with van der Waals surface area (Å²) >= 11 is 23.6. The molecule has 1 heterocycles. The number of nitrogens with zero attached hydrogens (tertiary/aromatic N) is 1. The lowest BCUT2D eigenvalue weighted by atomic mass is 10.1. The standard InChI is InChI=1S/C12H5Cl4NO2/c13-5-1-7(11(16)8(14)2-5)10-3-6(12(18)19)9(15)4-17-10/h1-4H,(H,18,19). The second-order valence-corrected chi connectivity index (χ2v) is 5.23. The van der Waals surface area contributed by atoms with E-state index in [0.717, 1.165) is 0 Å². The summed E-state index contributed by atoms with van der Waals surface area (Å²) in [6.45, 7) is 0. The predicted octanol–water partition coefficient (Wildman–Crippen LogP) is 5.06. The molecule has 0 unspecified atom stereocenters. The molecular formula is C12H5Cl4NO2. The topological polar surface area (TPSA) is 50.2 Å². The Labute approximate surface area is 128 Å². The normalized spacial score (nSPS) is 10.5. The Morgan fingerprint density at radius 3 is 2.37 bits per heavy atom. The van der Waals surface area contributed by atoms with Gasteiger partial charge in [0, 0.05) is 16.8 Å². The lowest BCUT2D eigenvalue weighted by Gasteiger charge is -2.08. The molecule has 0 aliphatic carbocycles. The first-order valence-corrected chi connectivity index (χ1v) is 6.45. The summed E-state index contributed by atoms with van der Waals surface area (Å²) in [5.74, 6) is -1.15. The van der Waals surface area contributed by atoms with E-state index in [1.807, 2.05) is 0 Å². The quantitative estimate of drug-likeness (QED) is 0.780. The van der Waals surface area contributed by atoms with Gasteiger partial charge in [-0.15, -0.1) is 0 Å². The third-order valence-corrected chi connectivity index (χ3v) is 3.68. The van der Waals surface area contributed by atoms with E-state index in [1.165, 1.54) is 18.3 Å². The highest BCUT2D eigenvalue weighted by Crippen LogP contribution is 2.36. The van der Waals surface area contributed by atoms with Crippen LogP contribution in [0, 0.1) is 0 Å². The lowest BCUT2D eigenvalue weighted by molar-refractivity contribution is 0.0697. The molecule has 19 heavy (non-hydrogen) atoms. The van der Waals surface area contributed by atoms with E-state index < -0.39 is 5.97 Å². The SMILES string of the molecule is O=C(O)c1cc(-c2cc(Cl)cc(Cl)c2Cl)ncc1Cl. The molecule has 7 heteroatoms. The molecular weight excluding hydrogens is 332 g/mol. The molecule has 0 amide bonds. The van der Waals surface area contributed by atoms with Crippen molar-refractivity contribution < 1.29 is 9.90 Å². The van der Waals surface area contributed by atoms with Crippen LogP contribution in [0.2, 0.25) is 20.1 Å². The molecule has 0 saturated heterocycles. The van der Waals surface area contributed by atoms with Crippen LogP contribution in [-0.4, -0.2) is 16.1 Å². The monoisotopic (exact) mass is 335 g/mol. The van der Waals surface area contributed by atoms with Gasteiger partial charge in [-0.1, -0.05) is 46.4 Å². The zero-order chi connectivity index (χ0) is 14.2. The highest BCUT2D eigenvalue weighted by molar-refractivity contribution is 6.45. The molecule has 0 atom stereocenters. The van der Waals surface area contributed by atoms with Crippen LogP contribution in [0.5, 0.6) is 0 Å². The predicted molar refractivity (Wildman–Crippen MR) is 76.7 cm³/mol. The Hall–Kier alpha value is -1.000. The summed E-state index contributed by atoms with van der Waals surface area (Å²) in [6, 6.07) is 4.36. The first-order chi connectivity index (χ1) is 8.90. The number of carboxylic acids is 1. The van der Waals surface area contributed by atoms with Crippen LogP contribution in [0.25, 0.3) is 11.3 Å². The summed E-state index contributed by atoms with van der Waals surface area (Å²) in [7, 11) is 0. The molecule has 1 aromatic carbocycles. The fourth-order valence-corrected chi connectivity index (χ4v) is 2.38. The van der Waals surface area contributed by atoms with Crippen LogP contribution in [0.3, 0.4) is 0 Å². The van der Waals surface area contributed by atoms with Crippen molar-refractivity contribution in [3.63, 3.8) is 0 Å². The smallest absolute Gasteiger partial charge is 0.337 e. The summed E-state index contributed by atoms with van der Waals surface area (Å²) in [5.41, 5.74) is 0.702. The summed E-state index contributed by atoms with van der Waals surface area (Å²) in [6.07, 6.45) is 1.24. The van der Waals surface area contributed by atoms with Gasteiger partial charge < -0.3 is 5.11 Å². The fraction of sp³-hybridized carbons (Fsp3) is 0. The number of hydrogen-bond acceptors (Lipinski definition) is 2. The van der Waals surface area contributed by atoms with Crippen LogP contribution in [0.15, 0.2) is 24.4 Å². The Bertz CT molecular complexity index is 673. The molecule has 0 saturated carbocycles. The minimum Gasteiger partial charge on any atom is -0.478 e. The van der Waals surface area contributed by atoms with Crippen molar-refractivity contribution in [1.82, 2.24) is 4.98 Å². The van der Waals surface area contributed by atoms with E-state index in [2.05, 4.69) is 4.98 Å². The Kier molecular flexibility index (Phi) is 4.21. The lowest BCUT2D eigenvalue weighted by Crippen LogP contribution is -1.99. The van der Waals surface area contributed by atoms with E-state index in [4.69, 9.17) is 51.5 Å². The Morgan fingerprint density at radius 1 is 1.05 bits per heavy atom. The second-order valence-electron chi connectivity index (χ2n) is 3.60. The average Bonchev–Trinajstić information content (AvgIpc) is 2.34. The van der Waals surface area contributed by atoms with Crippen molar-refractivity contribution in [2.75, 3.05) is 0 Å². The van der Waals surface area contributed by atoms with E-state index in [-0.39, 0.29) is 20.6 Å². The summed E-state index contributed by atoms with van der Waals surface area (Å²) < 4.78 is 0. The number of rotatable bonds is 2. The Balaban J connectivity index is 2.66. The van der Waals surface area contributed by atoms with Gasteiger partial charge in [0.1, 0.15) is 0 Å². The van der Waals surface area contributed by atoms with Crippen molar-refractivity contribution in [2.45, 2.75) is 0 Å². The molecule has 2 rings (SSSR count). The van der Waals surface area contributed by atoms with Gasteiger partial charge in [-0.25, -0.2) is 4.79 Å². The number of benzene rings is 1. The minimum atomic E-state index is -1.15. The highest BCUT2D eigenvalue weighted by Gasteiger charge is 2.15. The van der Waals surface area contributed by atoms with Gasteiger partial charge in [0.05, 0.1) is 26.3 Å². The van der Waals surface area contributed by atoms with E-state index in [0.29, 0.717) is 16.3 Å². The fourth-order valence-electron chi connectivity index (χ4n) is 1.49. The number of halogens is 4. The molecule has 1 aromatic heterocycles. The summed E-state index contributed by atoms with van der Waals surface area (Å²) in [4.78, 5) is 15.1. The molecule has 2 aromatic rings. The average molecular weight is 337 g/mol. The molecule has 98 valence electrons. The van der Waals surface area contributed by atoms with E-state index in [1.54, 1.807) is 6.07 Å². The zero-order valence-electron chi connectivity index (χ0n) is 9.12. The molecule has 0 radical (unpaired) electrons. The largest absolute Gasteiger partial charge is 0.478 e. The Morgan fingerprint density at radius 2 is 1.74 bits per heavy atom. The number of carboxylic acid groups (broad SMARTS) is 1. The van der Waals surface area contributed by atoms with Gasteiger partial charge in [0.15, 0.2) is 0 Å². The number of aromatic nitrogens is 1. The van der Waals surface area contributed by atoms with E-state index >= 15 is 0 Å². The summed E-state index contributed by atoms with van der Waals surface area (Å²) in [5, 5.41) is 9.94. The van der Waals surface area contributed by atoms with Crippen molar-refractivity contribution in [3.8, 4) is 11.3 Å². The van der Waals surface area contributed by atoms with Gasteiger partial charge in [0.2, 0.25) is 0 Å². The van der Waals surface area contributed by atoms with Gasteiger partial charge in [0.25, 0.3) is 0 Å². The maximum atomic E-state index is 11.0. The zero-order valence-corrected chi connectivity index (χ0v) is 12.1. The second kappa shape index (κ2) is 5.55. The van der Waals surface area contributed by atoms with Gasteiger partial charge in [-0.2, -0.15) is 0 Å². The van der Waals surface area contributed by atoms with Gasteiger partial charge >= 0.3 is 5.97 Å². The number of pyridine rings is 1. The third-order valence-electron chi connectivity index (χ3n) is 2.35. The van der Waals surface area contributed by atoms with Crippen molar-refractivity contribution in [2.24, 2.45) is 0 Å². The first-order valence-electron chi connectivity index (χ1n) is 4.94. The van der Waals surface area contributed by atoms with Crippen molar-refractivity contribution in [1.29, 1.82) is 0 Å². The van der Waals surface area contributed by atoms with Gasteiger partial charge in [-0.05, 0) is 18.2 Å². The van der Waals surface area contributed by atoms with Crippen LogP contribution in [0.4, 0.5) is 0 Å². The third kappa shape index (κ3) is 2.95. The van der Waals surface area contributed by atoms with Crippen molar-refractivity contribution >= 4 is 52.4 Å². The molecule has 0 spiro atoms. The molecule has 0 aliphatic heterocycles. The molecule has 3 nitrogen and oxygen atoms in total. The maximum absolute atomic E-state index is 11.0. The number of hydrogen-bond donors (Lipinski definition) is 1.